The fraction of sp³-hybridized carbons (Fsp3) is 0.583. The minimum atomic E-state index is -3.77. The van der Waals surface area contributed by atoms with Gasteiger partial charge in [-0.2, -0.15) is 0 Å². The van der Waals surface area contributed by atoms with Crippen LogP contribution >= 0.6 is 7.29 Å². The average molecular weight is 525 g/mol. The van der Waals surface area contributed by atoms with Crippen molar-refractivity contribution in [2.24, 2.45) is 20.7 Å². The van der Waals surface area contributed by atoms with Gasteiger partial charge in [-0.15, -0.1) is 0 Å². The third-order valence-electron chi connectivity index (χ3n) is 6.66. The van der Waals surface area contributed by atoms with Gasteiger partial charge in [0, 0.05) is 12.7 Å². The molecule has 0 bridgehead atoms. The Morgan fingerprint density at radius 3 is 2.34 bits per heavy atom. The van der Waals surface area contributed by atoms with E-state index in [-0.39, 0.29) is 40.4 Å². The number of amidine groups is 1. The summed E-state index contributed by atoms with van der Waals surface area (Å²) in [4.78, 5) is 15.4. The average Bonchev–Trinajstić information content (AvgIpc) is 2.96. The Morgan fingerprint density at radius 1 is 1.20 bits per heavy atom. The first-order chi connectivity index (χ1) is 15.9. The molecule has 0 fully saturated rings. The molecule has 2 atom stereocenters. The minimum absolute atomic E-state index is 0.0322. The van der Waals surface area contributed by atoms with Gasteiger partial charge in [0.15, 0.2) is 0 Å². The lowest BCUT2D eigenvalue weighted by atomic mass is 9.83. The van der Waals surface area contributed by atoms with E-state index in [0.717, 1.165) is 6.42 Å². The molecule has 0 saturated carbocycles. The number of hydrogen-bond acceptors (Lipinski definition) is 6. The van der Waals surface area contributed by atoms with E-state index >= 15 is 0 Å². The first kappa shape index (κ1) is 27.4. The van der Waals surface area contributed by atoms with E-state index < -0.39 is 28.8 Å². The molecule has 9 nitrogen and oxygen atoms in total. The number of anilines is 1. The highest BCUT2D eigenvalue weighted by atomic mass is 32.2. The molecule has 2 aliphatic heterocycles. The molecule has 0 saturated heterocycles. The van der Waals surface area contributed by atoms with Gasteiger partial charge in [0.05, 0.1) is 22.8 Å². The Labute approximate surface area is 208 Å². The molecule has 1 amide bonds. The number of carbonyl (C=O) groups is 1. The highest BCUT2D eigenvalue weighted by Gasteiger charge is 2.49. The lowest BCUT2D eigenvalue weighted by Gasteiger charge is -2.39. The van der Waals surface area contributed by atoms with Crippen LogP contribution in [-0.4, -0.2) is 48.9 Å². The minimum Gasteiger partial charge on any atom is -0.509 e. The van der Waals surface area contributed by atoms with Crippen molar-refractivity contribution in [2.45, 2.75) is 66.7 Å². The van der Waals surface area contributed by atoms with Crippen LogP contribution in [0.5, 0.6) is 0 Å². The van der Waals surface area contributed by atoms with Gasteiger partial charge in [-0.25, -0.2) is 18.3 Å². The van der Waals surface area contributed by atoms with Gasteiger partial charge in [0.2, 0.25) is 17.3 Å². The van der Waals surface area contributed by atoms with Crippen molar-refractivity contribution in [3.05, 3.63) is 35.1 Å². The van der Waals surface area contributed by atoms with Gasteiger partial charge in [0.25, 0.3) is 5.91 Å². The highest BCUT2D eigenvalue weighted by Crippen LogP contribution is 2.51. The number of fused-ring (bicyclic) bond motifs is 1. The van der Waals surface area contributed by atoms with Gasteiger partial charge in [-0.3, -0.25) is 9.36 Å². The molecular weight excluding hydrogens is 487 g/mol. The molecule has 194 valence electrons. The summed E-state index contributed by atoms with van der Waals surface area (Å²) in [6.07, 6.45) is 1.02. The topological polar surface area (TPSA) is 142 Å². The molecule has 0 spiro atoms. The Balaban J connectivity index is 2.11. The van der Waals surface area contributed by atoms with Crippen LogP contribution in [0.4, 0.5) is 5.69 Å². The molecule has 2 aliphatic rings. The Bertz CT molecular complexity index is 1260. The van der Waals surface area contributed by atoms with Gasteiger partial charge in [-0.05, 0) is 34.9 Å². The van der Waals surface area contributed by atoms with Crippen LogP contribution in [0.3, 0.4) is 0 Å². The zero-order valence-electron chi connectivity index (χ0n) is 21.5. The maximum atomic E-state index is 13.9. The fourth-order valence-electron chi connectivity index (χ4n) is 4.51. The van der Waals surface area contributed by atoms with Gasteiger partial charge < -0.3 is 15.3 Å². The first-order valence-electron chi connectivity index (χ1n) is 11.8. The van der Waals surface area contributed by atoms with Crippen LogP contribution in [0.1, 0.15) is 60.5 Å². The van der Waals surface area contributed by atoms with Crippen molar-refractivity contribution in [2.75, 3.05) is 18.0 Å². The van der Waals surface area contributed by atoms with Crippen molar-refractivity contribution in [3.63, 3.8) is 0 Å². The van der Waals surface area contributed by atoms with E-state index in [1.807, 2.05) is 20.8 Å². The monoisotopic (exact) mass is 524 g/mol. The summed E-state index contributed by atoms with van der Waals surface area (Å²) < 4.78 is 41.5. The summed E-state index contributed by atoms with van der Waals surface area (Å²) in [6.45, 7) is 14.3. The van der Waals surface area contributed by atoms with E-state index in [4.69, 9.17) is 5.14 Å². The number of nitrogens with zero attached hydrogens (tertiary/aromatic N) is 2. The highest BCUT2D eigenvalue weighted by molar-refractivity contribution is 7.88. The largest absolute Gasteiger partial charge is 0.509 e. The summed E-state index contributed by atoms with van der Waals surface area (Å²) >= 11 is 0. The maximum absolute atomic E-state index is 13.9. The molecular formula is C24H37N4O5PS. The van der Waals surface area contributed by atoms with Crippen molar-refractivity contribution < 1.29 is 22.9 Å². The van der Waals surface area contributed by atoms with Crippen molar-refractivity contribution in [3.8, 4) is 0 Å². The maximum Gasteiger partial charge on any atom is 0.261 e. The second kappa shape index (κ2) is 9.05. The number of hydrogen-bond donors (Lipinski definition) is 3. The van der Waals surface area contributed by atoms with E-state index in [0.29, 0.717) is 23.1 Å². The predicted octanol–water partition coefficient (Wildman–Crippen LogP) is 3.73. The molecule has 0 aromatic heterocycles. The number of nitrogens with two attached hydrogens (primary N) is 1. The summed E-state index contributed by atoms with van der Waals surface area (Å²) in [5.74, 6) is -0.749. The quantitative estimate of drug-likeness (QED) is 0.464. The lowest BCUT2D eigenvalue weighted by Crippen LogP contribution is -2.48. The number of carbonyl (C=O) groups excluding carboxylic acids is 1. The smallest absolute Gasteiger partial charge is 0.261 e. The number of aliphatic hydroxyl groups is 1. The summed E-state index contributed by atoms with van der Waals surface area (Å²) in [5.41, 5.74) is 0.285. The Morgan fingerprint density at radius 2 is 1.83 bits per heavy atom. The van der Waals surface area contributed by atoms with Crippen LogP contribution in [0.15, 0.2) is 34.3 Å². The van der Waals surface area contributed by atoms with Crippen LogP contribution in [0.25, 0.3) is 0 Å². The van der Waals surface area contributed by atoms with E-state index in [1.54, 1.807) is 24.0 Å². The van der Waals surface area contributed by atoms with Crippen LogP contribution in [0.2, 0.25) is 0 Å². The summed E-state index contributed by atoms with van der Waals surface area (Å²) in [6, 6.07) is 4.18. The molecule has 1 unspecified atom stereocenters. The molecule has 2 heterocycles. The van der Waals surface area contributed by atoms with Crippen LogP contribution < -0.4 is 15.8 Å². The number of amides is 1. The number of primary sulfonamides is 1. The number of rotatable bonds is 7. The standard InChI is InChI=1S/C24H37N4O5PS/c1-8-24(6,7)14-28-20(23(3,4)5)19(29)18(22(28)30)21-26-16-11-10-15(13-35(25,32)33)12-17(16)34(31,9-2)27-21/h10-12,20,29H,8-9,13-14H2,1-7H3,(H2,25,32,33)(H,26,27,31)/t20-,34?/m1/s1. The summed E-state index contributed by atoms with van der Waals surface area (Å²) in [5, 5.41) is 20.0. The molecule has 35 heavy (non-hydrogen) atoms. The number of nitrogens with one attached hydrogen (secondary N) is 1. The molecule has 0 aliphatic carbocycles. The van der Waals surface area contributed by atoms with Crippen LogP contribution in [0, 0.1) is 10.8 Å². The predicted molar refractivity (Wildman–Crippen MR) is 141 cm³/mol. The third-order valence-corrected chi connectivity index (χ3v) is 9.90. The Kier molecular flexibility index (Phi) is 7.09. The lowest BCUT2D eigenvalue weighted by molar-refractivity contribution is -0.130. The van der Waals surface area contributed by atoms with Crippen molar-refractivity contribution in [1.82, 2.24) is 4.90 Å². The molecule has 1 aromatic rings. The second-order valence-corrected chi connectivity index (χ2v) is 15.6. The molecule has 1 aromatic carbocycles. The second-order valence-electron chi connectivity index (χ2n) is 11.2. The SMILES string of the molecule is CCC(C)(C)CN1C(=O)C(C2=NP(=O)(CC)c3cc(CS(N)(=O)=O)ccc3N2)=C(O)[C@@H]1C(C)(C)C. The molecule has 11 heteroatoms. The number of benzene rings is 1. The van der Waals surface area contributed by atoms with Crippen LogP contribution in [-0.2, 0) is 25.1 Å². The third kappa shape index (κ3) is 5.49. The normalized spacial score (nSPS) is 23.3. The van der Waals surface area contributed by atoms with E-state index in [1.165, 1.54) is 6.07 Å². The van der Waals surface area contributed by atoms with E-state index in [2.05, 4.69) is 30.9 Å². The van der Waals surface area contributed by atoms with E-state index in [9.17, 15) is 22.9 Å². The van der Waals surface area contributed by atoms with Gasteiger partial charge in [-0.1, -0.05) is 54.5 Å². The zero-order valence-corrected chi connectivity index (χ0v) is 23.3. The summed E-state index contributed by atoms with van der Waals surface area (Å²) in [7, 11) is -7.16. The van der Waals surface area contributed by atoms with Gasteiger partial charge >= 0.3 is 0 Å². The number of aliphatic hydroxyl groups excluding tert-OH is 1. The van der Waals surface area contributed by atoms with Crippen molar-refractivity contribution >= 4 is 40.1 Å². The van der Waals surface area contributed by atoms with Gasteiger partial charge in [0.1, 0.15) is 17.2 Å². The first-order valence-corrected chi connectivity index (χ1v) is 15.3. The molecule has 0 radical (unpaired) electrons. The molecule has 4 N–H and O–H groups in total. The Hall–Kier alpha value is -2.16. The zero-order chi connectivity index (χ0) is 26.6. The number of sulfonamides is 1. The van der Waals surface area contributed by atoms with Crippen molar-refractivity contribution in [1.29, 1.82) is 0 Å². The fourth-order valence-corrected chi connectivity index (χ4v) is 7.09. The molecule has 3 rings (SSSR count).